The van der Waals surface area contributed by atoms with E-state index in [0.717, 1.165) is 6.07 Å². The van der Waals surface area contributed by atoms with Crippen LogP contribution in [0.2, 0.25) is 0 Å². The van der Waals surface area contributed by atoms with E-state index in [9.17, 15) is 23.2 Å². The number of rotatable bonds is 11. The molecule has 0 saturated heterocycles. The van der Waals surface area contributed by atoms with Gasteiger partial charge >= 0.3 is 0 Å². The Morgan fingerprint density at radius 1 is 0.897 bits per heavy atom. The Balaban J connectivity index is 1.63. The lowest BCUT2D eigenvalue weighted by molar-refractivity contribution is -0.133. The third-order valence-corrected chi connectivity index (χ3v) is 6.21. The number of methoxy groups -OCH3 is 1. The van der Waals surface area contributed by atoms with Crippen molar-refractivity contribution in [3.63, 3.8) is 0 Å². The normalized spacial score (nSPS) is 10.9. The number of carbonyl (C=O) groups excluding carboxylic acids is 2. The second-order valence-corrected chi connectivity index (χ2v) is 9.05. The molecular weight excluding hydrogens is 506 g/mol. The molecule has 2 amide bonds. The molecule has 0 saturated carbocycles. The van der Waals surface area contributed by atoms with Gasteiger partial charge in [0.05, 0.1) is 23.8 Å². The summed E-state index contributed by atoms with van der Waals surface area (Å²) in [5.41, 5.74) is 1.15. The molecule has 0 fully saturated rings. The maximum absolute atomic E-state index is 13.8. The van der Waals surface area contributed by atoms with Gasteiger partial charge in [0.25, 0.3) is 5.91 Å². The van der Waals surface area contributed by atoms with Gasteiger partial charge in [0.2, 0.25) is 5.91 Å². The molecule has 39 heavy (non-hydrogen) atoms. The molecule has 0 bridgehead atoms. The Hall–Kier alpha value is -4.37. The first-order chi connectivity index (χ1) is 18.9. The van der Waals surface area contributed by atoms with Gasteiger partial charge in [-0.1, -0.05) is 30.3 Å². The van der Waals surface area contributed by atoms with Crippen LogP contribution in [0.5, 0.6) is 0 Å². The summed E-state index contributed by atoms with van der Waals surface area (Å²) in [6.07, 6.45) is 1.78. The maximum Gasteiger partial charge on any atom is 0.254 e. The molecule has 0 unspecified atom stereocenters. The molecule has 0 N–H and O–H groups in total. The highest BCUT2D eigenvalue weighted by molar-refractivity contribution is 5.96. The number of benzene rings is 3. The van der Waals surface area contributed by atoms with Gasteiger partial charge in [-0.2, -0.15) is 0 Å². The Morgan fingerprint density at radius 2 is 1.67 bits per heavy atom. The largest absolute Gasteiger partial charge is 0.464 e. The van der Waals surface area contributed by atoms with Gasteiger partial charge in [-0.3, -0.25) is 14.4 Å². The van der Waals surface area contributed by atoms with E-state index in [0.29, 0.717) is 29.6 Å². The molecule has 0 spiro atoms. The fourth-order valence-corrected chi connectivity index (χ4v) is 4.19. The van der Waals surface area contributed by atoms with Crippen LogP contribution in [0, 0.1) is 11.6 Å². The molecule has 7 nitrogen and oxygen atoms in total. The number of para-hydroxylation sites is 1. The van der Waals surface area contributed by atoms with Crippen molar-refractivity contribution in [1.82, 2.24) is 9.80 Å². The van der Waals surface area contributed by atoms with Crippen molar-refractivity contribution in [2.75, 3.05) is 26.8 Å². The second kappa shape index (κ2) is 12.9. The molecule has 0 aliphatic carbocycles. The number of carbonyl (C=O) groups is 2. The average Bonchev–Trinajstić information content (AvgIpc) is 2.94. The van der Waals surface area contributed by atoms with Crippen LogP contribution >= 0.6 is 0 Å². The maximum atomic E-state index is 13.8. The lowest BCUT2D eigenvalue weighted by atomic mass is 10.1. The van der Waals surface area contributed by atoms with Crippen LogP contribution in [0.3, 0.4) is 0 Å². The van der Waals surface area contributed by atoms with Crippen molar-refractivity contribution < 1.29 is 27.5 Å². The summed E-state index contributed by atoms with van der Waals surface area (Å²) >= 11 is 0. The van der Waals surface area contributed by atoms with Crippen LogP contribution < -0.4 is 5.43 Å². The number of hydrogen-bond donors (Lipinski definition) is 0. The van der Waals surface area contributed by atoms with E-state index in [-0.39, 0.29) is 42.7 Å². The summed E-state index contributed by atoms with van der Waals surface area (Å²) in [6.45, 7) is 0.198. The summed E-state index contributed by atoms with van der Waals surface area (Å²) in [5.74, 6) is -1.94. The number of hydrogen-bond acceptors (Lipinski definition) is 5. The highest BCUT2D eigenvalue weighted by atomic mass is 19.1. The Labute approximate surface area is 224 Å². The third-order valence-electron chi connectivity index (χ3n) is 6.21. The van der Waals surface area contributed by atoms with Crippen LogP contribution in [0.25, 0.3) is 11.0 Å². The van der Waals surface area contributed by atoms with Gasteiger partial charge in [0.15, 0.2) is 5.43 Å². The molecule has 1 heterocycles. The van der Waals surface area contributed by atoms with Crippen molar-refractivity contribution >= 4 is 22.8 Å². The topological polar surface area (TPSA) is 80.1 Å². The van der Waals surface area contributed by atoms with E-state index in [2.05, 4.69) is 0 Å². The highest BCUT2D eigenvalue weighted by Crippen LogP contribution is 2.16. The van der Waals surface area contributed by atoms with E-state index in [1.807, 2.05) is 0 Å². The van der Waals surface area contributed by atoms with E-state index < -0.39 is 23.4 Å². The number of ether oxygens (including phenoxy) is 1. The Kier molecular flexibility index (Phi) is 9.17. The van der Waals surface area contributed by atoms with Crippen LogP contribution in [-0.2, 0) is 22.6 Å². The van der Waals surface area contributed by atoms with Gasteiger partial charge < -0.3 is 19.0 Å². The van der Waals surface area contributed by atoms with Crippen LogP contribution in [0.1, 0.15) is 27.9 Å². The van der Waals surface area contributed by atoms with E-state index in [1.54, 1.807) is 36.4 Å². The minimum absolute atomic E-state index is 0.0610. The predicted octanol–water partition coefficient (Wildman–Crippen LogP) is 4.78. The van der Waals surface area contributed by atoms with Gasteiger partial charge in [-0.25, -0.2) is 8.78 Å². The first-order valence-electron chi connectivity index (χ1n) is 12.4. The standard InChI is InChI=1S/C30H28F2N2O5/c1-38-15-5-14-33(30(37)22-6-4-7-25(32)16-22)19-28(35)34(17-21-10-12-24(31)13-11-21)18-23-20-39-27-9-3-2-8-26(27)29(23)36/h2-4,6-13,16,20H,5,14-15,17-19H2,1H3. The zero-order valence-electron chi connectivity index (χ0n) is 21.4. The zero-order valence-corrected chi connectivity index (χ0v) is 21.4. The number of amides is 2. The minimum Gasteiger partial charge on any atom is -0.464 e. The Morgan fingerprint density at radius 3 is 2.41 bits per heavy atom. The minimum atomic E-state index is -0.565. The third kappa shape index (κ3) is 7.14. The van der Waals surface area contributed by atoms with Crippen molar-refractivity contribution in [3.8, 4) is 0 Å². The van der Waals surface area contributed by atoms with Gasteiger partial charge in [0, 0.05) is 32.4 Å². The average molecular weight is 535 g/mol. The first kappa shape index (κ1) is 27.7. The quantitative estimate of drug-likeness (QED) is 0.259. The predicted molar refractivity (Wildman–Crippen MR) is 142 cm³/mol. The highest BCUT2D eigenvalue weighted by Gasteiger charge is 2.24. The fourth-order valence-electron chi connectivity index (χ4n) is 4.19. The van der Waals surface area contributed by atoms with E-state index in [4.69, 9.17) is 9.15 Å². The van der Waals surface area contributed by atoms with E-state index >= 15 is 0 Å². The molecule has 202 valence electrons. The van der Waals surface area contributed by atoms with Crippen LogP contribution in [-0.4, -0.2) is 48.4 Å². The molecule has 1 aromatic heterocycles. The van der Waals surface area contributed by atoms with Crippen molar-refractivity contribution in [2.24, 2.45) is 0 Å². The zero-order chi connectivity index (χ0) is 27.8. The van der Waals surface area contributed by atoms with E-state index in [1.165, 1.54) is 53.5 Å². The first-order valence-corrected chi connectivity index (χ1v) is 12.4. The summed E-state index contributed by atoms with van der Waals surface area (Å²) < 4.78 is 38.1. The SMILES string of the molecule is COCCCN(CC(=O)N(Cc1ccc(F)cc1)Cc1coc2ccccc2c1=O)C(=O)c1cccc(F)c1. The molecule has 4 rings (SSSR count). The smallest absolute Gasteiger partial charge is 0.254 e. The fraction of sp³-hybridized carbons (Fsp3) is 0.233. The lowest BCUT2D eigenvalue weighted by Crippen LogP contribution is -2.43. The van der Waals surface area contributed by atoms with Gasteiger partial charge in [-0.15, -0.1) is 0 Å². The molecule has 0 aliphatic rings. The van der Waals surface area contributed by atoms with Crippen molar-refractivity contribution in [1.29, 1.82) is 0 Å². The lowest BCUT2D eigenvalue weighted by Gasteiger charge is -2.28. The summed E-state index contributed by atoms with van der Waals surface area (Å²) in [7, 11) is 1.53. The molecule has 0 atom stereocenters. The number of nitrogens with zero attached hydrogens (tertiary/aromatic N) is 2. The summed E-state index contributed by atoms with van der Waals surface area (Å²) in [5, 5.41) is 0.381. The molecule has 3 aromatic carbocycles. The molecule has 4 aromatic rings. The molecule has 0 aliphatic heterocycles. The molecular formula is C30H28F2N2O5. The van der Waals surface area contributed by atoms with Gasteiger partial charge in [0.1, 0.15) is 23.8 Å². The molecule has 9 heteroatoms. The van der Waals surface area contributed by atoms with Gasteiger partial charge in [-0.05, 0) is 54.4 Å². The summed E-state index contributed by atoms with van der Waals surface area (Å²) in [4.78, 5) is 42.8. The second-order valence-electron chi connectivity index (χ2n) is 9.05. The Bertz CT molecular complexity index is 1500. The summed E-state index contributed by atoms with van der Waals surface area (Å²) in [6, 6.07) is 17.7. The molecule has 0 radical (unpaired) electrons. The van der Waals surface area contributed by atoms with Crippen LogP contribution in [0.15, 0.2) is 88.3 Å². The van der Waals surface area contributed by atoms with Crippen LogP contribution in [0.4, 0.5) is 8.78 Å². The number of halogens is 2. The van der Waals surface area contributed by atoms with Crippen molar-refractivity contribution in [2.45, 2.75) is 19.5 Å². The van der Waals surface area contributed by atoms with Crippen molar-refractivity contribution in [3.05, 3.63) is 118 Å². The number of fused-ring (bicyclic) bond motifs is 1. The monoisotopic (exact) mass is 534 g/mol.